The van der Waals surface area contributed by atoms with Gasteiger partial charge in [-0.25, -0.2) is 4.98 Å². The molecule has 31 heavy (non-hydrogen) atoms. The van der Waals surface area contributed by atoms with Gasteiger partial charge in [-0.05, 0) is 49.1 Å². The third kappa shape index (κ3) is 5.32. The average Bonchev–Trinajstić information content (AvgIpc) is 3.19. The van der Waals surface area contributed by atoms with Crippen molar-refractivity contribution in [3.63, 3.8) is 0 Å². The van der Waals surface area contributed by atoms with Crippen LogP contribution in [-0.4, -0.2) is 55.2 Å². The molecule has 2 heterocycles. The number of morpholine rings is 1. The molecule has 1 amide bonds. The third-order valence-electron chi connectivity index (χ3n) is 5.97. The summed E-state index contributed by atoms with van der Waals surface area (Å²) in [6.45, 7) is 11.1. The van der Waals surface area contributed by atoms with Crippen molar-refractivity contribution in [2.75, 3.05) is 44.3 Å². The van der Waals surface area contributed by atoms with E-state index in [0.717, 1.165) is 60.2 Å². The maximum atomic E-state index is 13.5. The molecule has 0 spiro atoms. The van der Waals surface area contributed by atoms with Crippen molar-refractivity contribution < 1.29 is 9.53 Å². The Balaban J connectivity index is 1.59. The lowest BCUT2D eigenvalue weighted by Gasteiger charge is -2.29. The standard InChI is InChI=1S/C25H31N3O2S/c1-4-20-6-8-22-23(16-20)31-25(26-22)28(10-9-27-11-13-30-14-12-27)24(29)17-21-7-5-18(2)15-19(21)3/h5-8,15-16H,4,9-14,17H2,1-3H3. The Morgan fingerprint density at radius 2 is 1.97 bits per heavy atom. The van der Waals surface area contributed by atoms with Gasteiger partial charge in [0.1, 0.15) is 0 Å². The van der Waals surface area contributed by atoms with Crippen molar-refractivity contribution >= 4 is 32.6 Å². The van der Waals surface area contributed by atoms with Crippen LogP contribution in [0, 0.1) is 13.8 Å². The van der Waals surface area contributed by atoms with E-state index in [1.807, 2.05) is 4.90 Å². The van der Waals surface area contributed by atoms with Gasteiger partial charge in [-0.1, -0.05) is 48.1 Å². The number of ether oxygens (including phenoxy) is 1. The van der Waals surface area contributed by atoms with E-state index < -0.39 is 0 Å². The molecule has 0 unspecified atom stereocenters. The van der Waals surface area contributed by atoms with E-state index in [-0.39, 0.29) is 5.91 Å². The van der Waals surface area contributed by atoms with Gasteiger partial charge in [0.25, 0.3) is 0 Å². The number of amides is 1. The molecule has 6 heteroatoms. The Bertz CT molecular complexity index is 1060. The van der Waals surface area contributed by atoms with Crippen molar-refractivity contribution in [1.29, 1.82) is 0 Å². The number of rotatable bonds is 7. The van der Waals surface area contributed by atoms with Gasteiger partial charge in [0.15, 0.2) is 5.13 Å². The van der Waals surface area contributed by atoms with Crippen LogP contribution in [0.4, 0.5) is 5.13 Å². The molecule has 0 radical (unpaired) electrons. The molecule has 1 aliphatic heterocycles. The van der Waals surface area contributed by atoms with Crippen LogP contribution in [0.2, 0.25) is 0 Å². The summed E-state index contributed by atoms with van der Waals surface area (Å²) in [5, 5.41) is 0.797. The lowest BCUT2D eigenvalue weighted by Crippen LogP contribution is -2.43. The number of carbonyl (C=O) groups is 1. The number of hydrogen-bond donors (Lipinski definition) is 0. The molecular weight excluding hydrogens is 406 g/mol. The van der Waals surface area contributed by atoms with Crippen LogP contribution >= 0.6 is 11.3 Å². The van der Waals surface area contributed by atoms with Crippen LogP contribution in [0.15, 0.2) is 36.4 Å². The first-order valence-electron chi connectivity index (χ1n) is 11.1. The number of fused-ring (bicyclic) bond motifs is 1. The molecule has 0 bridgehead atoms. The van der Waals surface area contributed by atoms with Crippen LogP contribution < -0.4 is 4.90 Å². The number of aromatic nitrogens is 1. The maximum Gasteiger partial charge on any atom is 0.233 e. The van der Waals surface area contributed by atoms with Gasteiger partial charge in [0.05, 0.1) is 29.9 Å². The fourth-order valence-electron chi connectivity index (χ4n) is 3.99. The van der Waals surface area contributed by atoms with E-state index in [4.69, 9.17) is 9.72 Å². The molecule has 1 aromatic heterocycles. The lowest BCUT2D eigenvalue weighted by atomic mass is 10.0. The second kappa shape index (κ2) is 9.90. The number of hydrogen-bond acceptors (Lipinski definition) is 5. The number of carbonyl (C=O) groups excluding carboxylic acids is 1. The van der Waals surface area contributed by atoms with Crippen molar-refractivity contribution in [2.24, 2.45) is 0 Å². The summed E-state index contributed by atoms with van der Waals surface area (Å²) in [7, 11) is 0. The van der Waals surface area contributed by atoms with Gasteiger partial charge in [0, 0.05) is 26.2 Å². The molecule has 2 aromatic carbocycles. The molecule has 164 valence electrons. The SMILES string of the molecule is CCc1ccc2nc(N(CCN3CCOCC3)C(=O)Cc3ccc(C)cc3C)sc2c1. The Kier molecular flexibility index (Phi) is 7.00. The van der Waals surface area contributed by atoms with E-state index in [2.05, 4.69) is 62.1 Å². The fourth-order valence-corrected chi connectivity index (χ4v) is 5.06. The average molecular weight is 438 g/mol. The first-order chi connectivity index (χ1) is 15.0. The van der Waals surface area contributed by atoms with Crippen LogP contribution in [0.25, 0.3) is 10.2 Å². The summed E-state index contributed by atoms with van der Waals surface area (Å²) < 4.78 is 6.61. The lowest BCUT2D eigenvalue weighted by molar-refractivity contribution is -0.118. The highest BCUT2D eigenvalue weighted by molar-refractivity contribution is 7.22. The fraction of sp³-hybridized carbons (Fsp3) is 0.440. The predicted molar refractivity (Wildman–Crippen MR) is 128 cm³/mol. The van der Waals surface area contributed by atoms with E-state index >= 15 is 0 Å². The second-order valence-electron chi connectivity index (χ2n) is 8.26. The van der Waals surface area contributed by atoms with Gasteiger partial charge in [-0.3, -0.25) is 14.6 Å². The Morgan fingerprint density at radius 1 is 1.16 bits per heavy atom. The van der Waals surface area contributed by atoms with E-state index in [9.17, 15) is 4.79 Å². The molecule has 5 nitrogen and oxygen atoms in total. The summed E-state index contributed by atoms with van der Waals surface area (Å²) >= 11 is 1.62. The van der Waals surface area contributed by atoms with Crippen molar-refractivity contribution in [3.05, 3.63) is 58.7 Å². The summed E-state index contributed by atoms with van der Waals surface area (Å²) in [6, 6.07) is 12.7. The minimum absolute atomic E-state index is 0.106. The largest absolute Gasteiger partial charge is 0.379 e. The van der Waals surface area contributed by atoms with Crippen LogP contribution in [0.5, 0.6) is 0 Å². The van der Waals surface area contributed by atoms with Crippen molar-refractivity contribution in [3.8, 4) is 0 Å². The first-order valence-corrected chi connectivity index (χ1v) is 11.9. The Labute approximate surface area is 188 Å². The second-order valence-corrected chi connectivity index (χ2v) is 9.27. The number of thiazole rings is 1. The van der Waals surface area contributed by atoms with Gasteiger partial charge < -0.3 is 4.74 Å². The van der Waals surface area contributed by atoms with Crippen molar-refractivity contribution in [1.82, 2.24) is 9.88 Å². The molecule has 1 saturated heterocycles. The third-order valence-corrected chi connectivity index (χ3v) is 7.01. The highest BCUT2D eigenvalue weighted by Crippen LogP contribution is 2.30. The summed E-state index contributed by atoms with van der Waals surface area (Å²) in [4.78, 5) is 22.6. The van der Waals surface area contributed by atoms with Crippen molar-refractivity contribution in [2.45, 2.75) is 33.6 Å². The van der Waals surface area contributed by atoms with Gasteiger partial charge in [-0.2, -0.15) is 0 Å². The van der Waals surface area contributed by atoms with Crippen LogP contribution in [-0.2, 0) is 22.4 Å². The van der Waals surface area contributed by atoms with Gasteiger partial charge in [-0.15, -0.1) is 0 Å². The molecule has 3 aromatic rings. The summed E-state index contributed by atoms with van der Waals surface area (Å²) in [5.74, 6) is 0.106. The Hall–Kier alpha value is -2.28. The molecule has 0 aliphatic carbocycles. The molecular formula is C25H31N3O2S. The molecule has 0 atom stereocenters. The Morgan fingerprint density at radius 3 is 2.71 bits per heavy atom. The molecule has 0 N–H and O–H groups in total. The first kappa shape index (κ1) is 21.9. The highest BCUT2D eigenvalue weighted by Gasteiger charge is 2.22. The zero-order chi connectivity index (χ0) is 21.8. The van der Waals surface area contributed by atoms with E-state index in [0.29, 0.717) is 13.0 Å². The molecule has 1 aliphatic rings. The summed E-state index contributed by atoms with van der Waals surface area (Å²) in [6.07, 6.45) is 1.39. The quantitative estimate of drug-likeness (QED) is 0.550. The number of anilines is 1. The maximum absolute atomic E-state index is 13.5. The topological polar surface area (TPSA) is 45.7 Å². The summed E-state index contributed by atoms with van der Waals surface area (Å²) in [5.41, 5.74) is 5.73. The number of nitrogens with zero attached hydrogens (tertiary/aromatic N) is 3. The van der Waals surface area contributed by atoms with E-state index in [1.165, 1.54) is 16.7 Å². The minimum atomic E-state index is 0.106. The van der Waals surface area contributed by atoms with E-state index in [1.54, 1.807) is 11.3 Å². The molecule has 4 rings (SSSR count). The monoisotopic (exact) mass is 437 g/mol. The van der Waals surface area contributed by atoms with Crippen LogP contribution in [0.1, 0.15) is 29.2 Å². The predicted octanol–water partition coefficient (Wildman–Crippen LogP) is 4.38. The smallest absolute Gasteiger partial charge is 0.233 e. The zero-order valence-corrected chi connectivity index (χ0v) is 19.5. The van der Waals surface area contributed by atoms with Gasteiger partial charge >= 0.3 is 0 Å². The molecule has 1 fully saturated rings. The zero-order valence-electron chi connectivity index (χ0n) is 18.7. The van der Waals surface area contributed by atoms with Crippen LogP contribution in [0.3, 0.4) is 0 Å². The van der Waals surface area contributed by atoms with Gasteiger partial charge in [0.2, 0.25) is 5.91 Å². The molecule has 0 saturated carbocycles. The number of benzene rings is 2. The normalized spacial score (nSPS) is 14.8. The highest BCUT2D eigenvalue weighted by atomic mass is 32.1. The number of aryl methyl sites for hydroxylation is 3. The minimum Gasteiger partial charge on any atom is -0.379 e.